The van der Waals surface area contributed by atoms with E-state index in [9.17, 15) is 36.0 Å². The number of halogens is 3. The molecule has 1 aliphatic carbocycles. The summed E-state index contributed by atoms with van der Waals surface area (Å²) in [7, 11) is -3.56. The number of hydrogen-bond acceptors (Lipinski definition) is 5. The van der Waals surface area contributed by atoms with E-state index in [2.05, 4.69) is 21.9 Å². The number of carbonyl (C=O) groups is 3. The summed E-state index contributed by atoms with van der Waals surface area (Å²) in [5, 5.41) is 6.59. The van der Waals surface area contributed by atoms with Gasteiger partial charge < -0.3 is 20.4 Å². The number of nitrogens with zero attached hydrogens (tertiary/aromatic N) is 2. The Morgan fingerprint density at radius 3 is 2.43 bits per heavy atom. The van der Waals surface area contributed by atoms with Crippen molar-refractivity contribution in [2.24, 2.45) is 11.8 Å². The molecule has 4 unspecified atom stereocenters. The SMILES string of the molecule is C=CS(=O)(=O)NCC1CCN(C(=O)c2ccc(C(CN3CC4C=CC=CC4NC3=O)C(=O)NCc3ccc(C(F)(F)F)cc3)cc2)C1. The molecular formula is C33H36F3N5O5S. The number of sulfonamides is 1. The Morgan fingerprint density at radius 1 is 1.04 bits per heavy atom. The van der Waals surface area contributed by atoms with Gasteiger partial charge in [0.25, 0.3) is 5.91 Å². The van der Waals surface area contributed by atoms with Gasteiger partial charge in [-0.3, -0.25) is 9.59 Å². The van der Waals surface area contributed by atoms with Crippen LogP contribution < -0.4 is 15.4 Å². The number of nitrogens with one attached hydrogen (secondary N) is 3. The molecule has 47 heavy (non-hydrogen) atoms. The summed E-state index contributed by atoms with van der Waals surface area (Å²) in [6.45, 7) is 4.71. The zero-order valence-corrected chi connectivity index (χ0v) is 26.3. The lowest BCUT2D eigenvalue weighted by Gasteiger charge is -2.39. The van der Waals surface area contributed by atoms with Crippen LogP contribution in [-0.4, -0.2) is 74.8 Å². The Hall–Kier alpha value is -4.43. The number of alkyl halides is 3. The Kier molecular flexibility index (Phi) is 10.2. The van der Waals surface area contributed by atoms with E-state index in [0.29, 0.717) is 42.7 Å². The maximum atomic E-state index is 13.6. The number of allylic oxidation sites excluding steroid dienone is 2. The number of likely N-dealkylation sites (tertiary alicyclic amines) is 1. The Bertz CT molecular complexity index is 1660. The molecule has 2 heterocycles. The lowest BCUT2D eigenvalue weighted by atomic mass is 9.91. The van der Waals surface area contributed by atoms with E-state index >= 15 is 0 Å². The second-order valence-electron chi connectivity index (χ2n) is 11.9. The molecule has 5 rings (SSSR count). The average Bonchev–Trinajstić information content (AvgIpc) is 3.54. The number of fused-ring (bicyclic) bond motifs is 1. The summed E-state index contributed by atoms with van der Waals surface area (Å²) in [5.74, 6) is -1.52. The van der Waals surface area contributed by atoms with Crippen LogP contribution in [0.5, 0.6) is 0 Å². The molecule has 2 fully saturated rings. The van der Waals surface area contributed by atoms with Crippen molar-refractivity contribution in [1.82, 2.24) is 25.2 Å². The fourth-order valence-electron chi connectivity index (χ4n) is 5.91. The van der Waals surface area contributed by atoms with Crippen LogP contribution in [0, 0.1) is 11.8 Å². The van der Waals surface area contributed by atoms with Gasteiger partial charge in [0, 0.05) is 56.2 Å². The van der Waals surface area contributed by atoms with Gasteiger partial charge in [0.2, 0.25) is 15.9 Å². The van der Waals surface area contributed by atoms with Crippen LogP contribution >= 0.6 is 0 Å². The Morgan fingerprint density at radius 2 is 1.74 bits per heavy atom. The highest BCUT2D eigenvalue weighted by Gasteiger charge is 2.35. The molecule has 0 spiro atoms. The fourth-order valence-corrected chi connectivity index (χ4v) is 6.50. The zero-order chi connectivity index (χ0) is 33.8. The highest BCUT2D eigenvalue weighted by atomic mass is 32.2. The number of benzene rings is 2. The molecule has 0 aromatic heterocycles. The van der Waals surface area contributed by atoms with Crippen molar-refractivity contribution in [2.75, 3.05) is 32.7 Å². The van der Waals surface area contributed by atoms with E-state index in [0.717, 1.165) is 17.5 Å². The van der Waals surface area contributed by atoms with Crippen molar-refractivity contribution in [3.63, 3.8) is 0 Å². The van der Waals surface area contributed by atoms with Crippen molar-refractivity contribution < 1.29 is 36.0 Å². The van der Waals surface area contributed by atoms with Crippen molar-refractivity contribution in [3.05, 3.63) is 107 Å². The van der Waals surface area contributed by atoms with Crippen LogP contribution in [0.15, 0.2) is 84.8 Å². The van der Waals surface area contributed by atoms with Gasteiger partial charge in [0.05, 0.1) is 17.5 Å². The average molecular weight is 672 g/mol. The summed E-state index contributed by atoms with van der Waals surface area (Å²) in [4.78, 5) is 43.1. The second-order valence-corrected chi connectivity index (χ2v) is 13.6. The number of amides is 4. The molecule has 0 saturated carbocycles. The molecule has 14 heteroatoms. The molecule has 2 aromatic rings. The zero-order valence-electron chi connectivity index (χ0n) is 25.4. The van der Waals surface area contributed by atoms with Crippen LogP contribution in [0.1, 0.15) is 39.4 Å². The summed E-state index contributed by atoms with van der Waals surface area (Å²) in [6.07, 6.45) is 3.84. The quantitative estimate of drug-likeness (QED) is 0.335. The predicted molar refractivity (Wildman–Crippen MR) is 169 cm³/mol. The van der Waals surface area contributed by atoms with E-state index in [4.69, 9.17) is 0 Å². The van der Waals surface area contributed by atoms with E-state index in [1.807, 2.05) is 24.3 Å². The van der Waals surface area contributed by atoms with Crippen LogP contribution in [-0.2, 0) is 27.5 Å². The summed E-state index contributed by atoms with van der Waals surface area (Å²) < 4.78 is 64.8. The van der Waals surface area contributed by atoms with Gasteiger partial charge in [-0.05, 0) is 47.7 Å². The lowest BCUT2D eigenvalue weighted by molar-refractivity contribution is -0.137. The van der Waals surface area contributed by atoms with E-state index in [-0.39, 0.29) is 49.5 Å². The van der Waals surface area contributed by atoms with Gasteiger partial charge in [0.15, 0.2) is 0 Å². The van der Waals surface area contributed by atoms with E-state index in [1.54, 1.807) is 34.1 Å². The van der Waals surface area contributed by atoms with Crippen molar-refractivity contribution >= 4 is 27.9 Å². The molecule has 4 amide bonds. The summed E-state index contributed by atoms with van der Waals surface area (Å²) in [6, 6.07) is 10.6. The molecule has 2 saturated heterocycles. The van der Waals surface area contributed by atoms with Gasteiger partial charge >= 0.3 is 12.2 Å². The lowest BCUT2D eigenvalue weighted by Crippen LogP contribution is -2.57. The third-order valence-corrected chi connectivity index (χ3v) is 9.66. The smallest absolute Gasteiger partial charge is 0.351 e. The third-order valence-electron chi connectivity index (χ3n) is 8.65. The molecule has 10 nitrogen and oxygen atoms in total. The van der Waals surface area contributed by atoms with Gasteiger partial charge in [-0.15, -0.1) is 0 Å². The molecule has 3 N–H and O–H groups in total. The Balaban J connectivity index is 1.28. The predicted octanol–water partition coefficient (Wildman–Crippen LogP) is 3.77. The van der Waals surface area contributed by atoms with Gasteiger partial charge in [-0.25, -0.2) is 17.9 Å². The maximum absolute atomic E-state index is 13.6. The van der Waals surface area contributed by atoms with Crippen LogP contribution in [0.25, 0.3) is 0 Å². The number of carbonyl (C=O) groups excluding carboxylic acids is 3. The van der Waals surface area contributed by atoms with Crippen LogP contribution in [0.2, 0.25) is 0 Å². The monoisotopic (exact) mass is 671 g/mol. The number of hydrogen-bond donors (Lipinski definition) is 3. The summed E-state index contributed by atoms with van der Waals surface area (Å²) in [5.41, 5.74) is 0.633. The highest BCUT2D eigenvalue weighted by Crippen LogP contribution is 2.29. The number of urea groups is 1. The first kappa shape index (κ1) is 33.9. The third kappa shape index (κ3) is 8.49. The van der Waals surface area contributed by atoms with Gasteiger partial charge in [-0.2, -0.15) is 13.2 Å². The maximum Gasteiger partial charge on any atom is 0.416 e. The Labute approximate surface area is 271 Å². The minimum atomic E-state index is -4.47. The molecule has 3 aliphatic rings. The minimum absolute atomic E-state index is 0.0184. The minimum Gasteiger partial charge on any atom is -0.351 e. The molecule has 250 valence electrons. The first-order chi connectivity index (χ1) is 22.3. The molecule has 0 bridgehead atoms. The first-order valence-electron chi connectivity index (χ1n) is 15.2. The second kappa shape index (κ2) is 14.1. The number of rotatable bonds is 11. The first-order valence-corrected chi connectivity index (χ1v) is 16.7. The van der Waals surface area contributed by atoms with E-state index < -0.39 is 33.6 Å². The normalized spacial score (nSPS) is 21.6. The largest absolute Gasteiger partial charge is 0.416 e. The fraction of sp³-hybridized carbons (Fsp3) is 0.364. The van der Waals surface area contributed by atoms with Crippen LogP contribution in [0.3, 0.4) is 0 Å². The van der Waals surface area contributed by atoms with E-state index in [1.165, 1.54) is 12.1 Å². The van der Waals surface area contributed by atoms with Gasteiger partial charge in [-0.1, -0.05) is 55.1 Å². The molecule has 4 atom stereocenters. The van der Waals surface area contributed by atoms with Crippen molar-refractivity contribution in [1.29, 1.82) is 0 Å². The highest BCUT2D eigenvalue weighted by molar-refractivity contribution is 7.92. The molecule has 0 radical (unpaired) electrons. The summed E-state index contributed by atoms with van der Waals surface area (Å²) >= 11 is 0. The van der Waals surface area contributed by atoms with Crippen molar-refractivity contribution in [3.8, 4) is 0 Å². The van der Waals surface area contributed by atoms with Gasteiger partial charge in [0.1, 0.15) is 0 Å². The molecule has 2 aromatic carbocycles. The molecule has 2 aliphatic heterocycles. The van der Waals surface area contributed by atoms with Crippen LogP contribution in [0.4, 0.5) is 18.0 Å². The van der Waals surface area contributed by atoms with Crippen molar-refractivity contribution in [2.45, 2.75) is 31.1 Å². The standard InChI is InChI=1S/C33H36F3N5O5S/c1-2-47(45,46)38-18-23-15-16-40(19-23)31(43)25-11-9-24(10-12-25)28(21-41-20-26-5-3-4-6-29(26)39-32(41)44)30(42)37-17-22-7-13-27(14-8-22)33(34,35)36/h2-14,23,26,28-29,38H,1,15-21H2,(H,37,42)(H,39,44). The topological polar surface area (TPSA) is 128 Å². The molecular weight excluding hydrogens is 635 g/mol.